The molecule has 236 valence electrons. The number of hydrogen-bond acceptors (Lipinski definition) is 9. The van der Waals surface area contributed by atoms with Crippen LogP contribution in [0.4, 0.5) is 5.13 Å². The number of aliphatic hydroxyl groups is 3. The van der Waals surface area contributed by atoms with Crippen LogP contribution in [0, 0.1) is 17.8 Å². The summed E-state index contributed by atoms with van der Waals surface area (Å²) in [6, 6.07) is 2.85. The van der Waals surface area contributed by atoms with E-state index in [1.54, 1.807) is 36.3 Å². The van der Waals surface area contributed by atoms with Gasteiger partial charge in [-0.2, -0.15) is 0 Å². The minimum Gasteiger partial charge on any atom is -0.467 e. The van der Waals surface area contributed by atoms with Crippen molar-refractivity contribution >= 4 is 28.3 Å². The van der Waals surface area contributed by atoms with Crippen molar-refractivity contribution in [2.75, 3.05) is 12.3 Å². The molecular weight excluding hydrogens is 556 g/mol. The molecule has 0 aromatic carbocycles. The first-order valence-corrected chi connectivity index (χ1v) is 16.1. The topological polar surface area (TPSA) is 162 Å². The van der Waals surface area contributed by atoms with Crippen molar-refractivity contribution in [3.8, 4) is 0 Å². The number of carbonyl (C=O) groups is 2. The summed E-state index contributed by atoms with van der Waals surface area (Å²) in [5.41, 5.74) is 5.37. The van der Waals surface area contributed by atoms with E-state index in [1.807, 2.05) is 13.8 Å². The van der Waals surface area contributed by atoms with Gasteiger partial charge in [0.15, 0.2) is 5.13 Å². The predicted octanol–water partition coefficient (Wildman–Crippen LogP) is 3.89. The molecule has 0 unspecified atom stereocenters. The molecule has 2 heterocycles. The van der Waals surface area contributed by atoms with Gasteiger partial charge >= 0.3 is 0 Å². The van der Waals surface area contributed by atoms with E-state index in [1.165, 1.54) is 24.0 Å². The zero-order chi connectivity index (χ0) is 30.9. The Morgan fingerprint density at radius 3 is 2.52 bits per heavy atom. The summed E-state index contributed by atoms with van der Waals surface area (Å²) in [4.78, 5) is 33.6. The SMILES string of the molecule is CC(C)C[C@H](O)[C@H](O)[C@H](CC1CCCCC1)N(Cc1ccco1)C(=O)[C@@H](CC(=O)NCC(C)(C)O)Cc1csc(N)n1. The summed E-state index contributed by atoms with van der Waals surface area (Å²) in [5, 5.41) is 37.7. The number of hydrogen-bond donors (Lipinski definition) is 5. The largest absolute Gasteiger partial charge is 0.467 e. The zero-order valence-electron chi connectivity index (χ0n) is 25.5. The molecule has 0 spiro atoms. The molecule has 1 aliphatic carbocycles. The second-order valence-electron chi connectivity index (χ2n) is 12.9. The average Bonchev–Trinajstić information content (AvgIpc) is 3.59. The van der Waals surface area contributed by atoms with E-state index < -0.39 is 29.8 Å². The number of furan rings is 1. The van der Waals surface area contributed by atoms with Gasteiger partial charge in [0.25, 0.3) is 0 Å². The van der Waals surface area contributed by atoms with Crippen molar-refractivity contribution in [2.45, 2.75) is 116 Å². The van der Waals surface area contributed by atoms with E-state index in [0.29, 0.717) is 35.3 Å². The van der Waals surface area contributed by atoms with Crippen molar-refractivity contribution < 1.29 is 29.3 Å². The fourth-order valence-corrected chi connectivity index (χ4v) is 6.36. The van der Waals surface area contributed by atoms with Gasteiger partial charge in [-0.25, -0.2) is 4.98 Å². The van der Waals surface area contributed by atoms with Crippen LogP contribution in [0.2, 0.25) is 0 Å². The highest BCUT2D eigenvalue weighted by Gasteiger charge is 2.39. The van der Waals surface area contributed by atoms with Gasteiger partial charge in [-0.1, -0.05) is 46.0 Å². The Kier molecular flexibility index (Phi) is 12.8. The van der Waals surface area contributed by atoms with Crippen molar-refractivity contribution in [1.82, 2.24) is 15.2 Å². The normalized spacial score (nSPS) is 17.5. The first-order chi connectivity index (χ1) is 19.8. The van der Waals surface area contributed by atoms with Crippen LogP contribution in [0.3, 0.4) is 0 Å². The van der Waals surface area contributed by atoms with E-state index in [9.17, 15) is 24.9 Å². The highest BCUT2D eigenvalue weighted by atomic mass is 32.1. The number of amides is 2. The first-order valence-electron chi connectivity index (χ1n) is 15.2. The summed E-state index contributed by atoms with van der Waals surface area (Å²) in [6.45, 7) is 7.30. The fraction of sp³-hybridized carbons (Fsp3) is 0.710. The highest BCUT2D eigenvalue weighted by Crippen LogP contribution is 2.33. The molecule has 0 saturated heterocycles. The van der Waals surface area contributed by atoms with E-state index in [4.69, 9.17) is 10.2 Å². The summed E-state index contributed by atoms with van der Waals surface area (Å²) < 4.78 is 5.65. The van der Waals surface area contributed by atoms with Crippen LogP contribution in [0.25, 0.3) is 0 Å². The molecule has 1 aliphatic rings. The average molecular weight is 607 g/mol. The molecule has 0 bridgehead atoms. The summed E-state index contributed by atoms with van der Waals surface area (Å²) in [6.07, 6.45) is 5.72. The van der Waals surface area contributed by atoms with Crippen LogP contribution < -0.4 is 11.1 Å². The molecule has 10 nitrogen and oxygen atoms in total. The number of anilines is 1. The first kappa shape index (κ1) is 34.0. The monoisotopic (exact) mass is 606 g/mol. The van der Waals surface area contributed by atoms with Gasteiger partial charge in [-0.15, -0.1) is 11.3 Å². The van der Waals surface area contributed by atoms with Gasteiger partial charge in [-0.05, 0) is 50.7 Å². The van der Waals surface area contributed by atoms with E-state index >= 15 is 0 Å². The van der Waals surface area contributed by atoms with Gasteiger partial charge in [-0.3, -0.25) is 9.59 Å². The van der Waals surface area contributed by atoms with Gasteiger partial charge < -0.3 is 35.7 Å². The van der Waals surface area contributed by atoms with Crippen LogP contribution in [0.15, 0.2) is 28.2 Å². The molecule has 4 atom stereocenters. The lowest BCUT2D eigenvalue weighted by molar-refractivity contribution is -0.147. The molecular formula is C31H50N4O6S. The number of nitrogen functional groups attached to an aromatic ring is 1. The van der Waals surface area contributed by atoms with E-state index in [0.717, 1.165) is 25.7 Å². The van der Waals surface area contributed by atoms with Gasteiger partial charge in [0.05, 0.1) is 42.2 Å². The maximum Gasteiger partial charge on any atom is 0.227 e. The number of nitrogens with zero attached hydrogens (tertiary/aromatic N) is 2. The van der Waals surface area contributed by atoms with Crippen LogP contribution in [0.5, 0.6) is 0 Å². The van der Waals surface area contributed by atoms with E-state index in [2.05, 4.69) is 10.3 Å². The van der Waals surface area contributed by atoms with Gasteiger partial charge in [0.1, 0.15) is 11.9 Å². The van der Waals surface area contributed by atoms with Crippen LogP contribution in [-0.4, -0.2) is 67.4 Å². The summed E-state index contributed by atoms with van der Waals surface area (Å²) in [5.74, 6) is -0.504. The number of aliphatic hydroxyl groups excluding tert-OH is 2. The third-order valence-electron chi connectivity index (χ3n) is 7.91. The number of nitrogens with two attached hydrogens (primary N) is 1. The third-order valence-corrected chi connectivity index (χ3v) is 8.64. The number of carbonyl (C=O) groups excluding carboxylic acids is 2. The standard InChI is InChI=1S/C31H50N4O6S/c1-20(2)13-26(36)28(38)25(14-21-9-6-5-7-10-21)35(17-24-11-8-12-41-24)29(39)22(15-23-18-42-30(32)34-23)16-27(37)33-19-31(3,4)40/h8,11-12,18,20-22,25-26,28,36,38,40H,5-7,9-10,13-17,19H2,1-4H3,(H2,32,34)(H,33,37)/t22-,25+,26+,28-/m1/s1. The Bertz CT molecular complexity index is 1090. The molecule has 0 aliphatic heterocycles. The van der Waals surface area contributed by atoms with Crippen molar-refractivity contribution in [2.24, 2.45) is 17.8 Å². The van der Waals surface area contributed by atoms with Crippen LogP contribution >= 0.6 is 11.3 Å². The second-order valence-corrected chi connectivity index (χ2v) is 13.8. The summed E-state index contributed by atoms with van der Waals surface area (Å²) >= 11 is 1.27. The number of thiazole rings is 1. The Labute approximate surface area is 253 Å². The minimum absolute atomic E-state index is 0.0386. The van der Waals surface area contributed by atoms with Crippen molar-refractivity contribution in [1.29, 1.82) is 0 Å². The number of rotatable bonds is 16. The zero-order valence-corrected chi connectivity index (χ0v) is 26.3. The predicted molar refractivity (Wildman–Crippen MR) is 163 cm³/mol. The molecule has 2 amide bonds. The maximum atomic E-state index is 14.6. The quantitative estimate of drug-likeness (QED) is 0.192. The lowest BCUT2D eigenvalue weighted by atomic mass is 9.81. The second kappa shape index (κ2) is 15.8. The molecule has 6 N–H and O–H groups in total. The molecule has 0 radical (unpaired) electrons. The minimum atomic E-state index is -1.17. The molecule has 3 rings (SSSR count). The molecule has 42 heavy (non-hydrogen) atoms. The highest BCUT2D eigenvalue weighted by molar-refractivity contribution is 7.13. The summed E-state index contributed by atoms with van der Waals surface area (Å²) in [7, 11) is 0. The van der Waals surface area contributed by atoms with E-state index in [-0.39, 0.29) is 43.7 Å². The molecule has 2 aromatic rings. The molecule has 1 saturated carbocycles. The lowest BCUT2D eigenvalue weighted by Gasteiger charge is -2.40. The van der Waals surface area contributed by atoms with Crippen molar-refractivity contribution in [3.63, 3.8) is 0 Å². The number of nitrogens with one attached hydrogen (secondary N) is 1. The van der Waals surface area contributed by atoms with Crippen molar-refractivity contribution in [3.05, 3.63) is 35.2 Å². The molecule has 2 aromatic heterocycles. The van der Waals surface area contributed by atoms with Gasteiger partial charge in [0, 0.05) is 24.8 Å². The molecule has 11 heteroatoms. The van der Waals surface area contributed by atoms with Crippen LogP contribution in [0.1, 0.15) is 90.5 Å². The Hall–Kier alpha value is -2.47. The van der Waals surface area contributed by atoms with Crippen LogP contribution in [-0.2, 0) is 22.6 Å². The Morgan fingerprint density at radius 1 is 1.24 bits per heavy atom. The fourth-order valence-electron chi connectivity index (χ4n) is 5.78. The smallest absolute Gasteiger partial charge is 0.227 e. The maximum absolute atomic E-state index is 14.6. The Morgan fingerprint density at radius 2 is 1.95 bits per heavy atom. The lowest BCUT2D eigenvalue weighted by Crippen LogP contribution is -2.54. The Balaban J connectivity index is 1.97. The third kappa shape index (κ3) is 11.0. The molecule has 1 fully saturated rings. The number of aromatic nitrogens is 1. The van der Waals surface area contributed by atoms with Gasteiger partial charge in [0.2, 0.25) is 11.8 Å².